The fourth-order valence-corrected chi connectivity index (χ4v) is 6.32. The van der Waals surface area contributed by atoms with Crippen molar-refractivity contribution in [2.24, 2.45) is 0 Å². The Bertz CT molecular complexity index is 980. The minimum absolute atomic E-state index is 0.0821. The predicted molar refractivity (Wildman–Crippen MR) is 233 cm³/mol. The molecule has 0 saturated carbocycles. The highest BCUT2D eigenvalue weighted by molar-refractivity contribution is 5.71. The van der Waals surface area contributed by atoms with Gasteiger partial charge in [0.15, 0.2) is 6.10 Å². The highest BCUT2D eigenvalue weighted by atomic mass is 16.6. The molecule has 0 amide bonds. The number of esters is 3. The van der Waals surface area contributed by atoms with Crippen molar-refractivity contribution in [1.29, 1.82) is 0 Å². The van der Waals surface area contributed by atoms with Crippen LogP contribution in [0.3, 0.4) is 0 Å². The van der Waals surface area contributed by atoms with E-state index in [2.05, 4.69) is 69.4 Å². The van der Waals surface area contributed by atoms with Gasteiger partial charge in [0.1, 0.15) is 13.2 Å². The summed E-state index contributed by atoms with van der Waals surface area (Å²) >= 11 is 0. The third-order valence-corrected chi connectivity index (χ3v) is 9.82. The number of unbranched alkanes of at least 4 members (excludes halogenated alkanes) is 22. The van der Waals surface area contributed by atoms with E-state index in [1.807, 2.05) is 0 Å². The molecule has 0 radical (unpaired) electrons. The SMILES string of the molecule is CC/C=C\C/C=C\C/C=C\CCCCCCCCC(=O)OCC(COC(=O)CCCCCC/C=C\CCCC)OC(=O)CCCCCCCCCCCCC. The van der Waals surface area contributed by atoms with Gasteiger partial charge in [-0.1, -0.05) is 185 Å². The number of carbonyl (C=O) groups is 3. The van der Waals surface area contributed by atoms with Crippen LogP contribution in [0.15, 0.2) is 48.6 Å². The molecule has 0 aliphatic rings. The van der Waals surface area contributed by atoms with Gasteiger partial charge in [0.25, 0.3) is 0 Å². The lowest BCUT2D eigenvalue weighted by Crippen LogP contribution is -2.30. The van der Waals surface area contributed by atoms with E-state index >= 15 is 0 Å². The van der Waals surface area contributed by atoms with Gasteiger partial charge in [0.2, 0.25) is 0 Å². The average molecular weight is 771 g/mol. The average Bonchev–Trinajstić information content (AvgIpc) is 3.18. The van der Waals surface area contributed by atoms with Gasteiger partial charge >= 0.3 is 17.9 Å². The quantitative estimate of drug-likeness (QED) is 0.0267. The molecule has 318 valence electrons. The van der Waals surface area contributed by atoms with Crippen molar-refractivity contribution >= 4 is 17.9 Å². The number of hydrogen-bond donors (Lipinski definition) is 0. The van der Waals surface area contributed by atoms with Gasteiger partial charge in [-0.05, 0) is 70.6 Å². The molecule has 0 fully saturated rings. The Morgan fingerprint density at radius 3 is 1.18 bits per heavy atom. The first-order valence-electron chi connectivity index (χ1n) is 23.1. The number of ether oxygens (including phenoxy) is 3. The van der Waals surface area contributed by atoms with E-state index in [9.17, 15) is 14.4 Å². The second kappa shape index (κ2) is 44.1. The fraction of sp³-hybridized carbons (Fsp3) is 0.776. The maximum Gasteiger partial charge on any atom is 0.306 e. The van der Waals surface area contributed by atoms with E-state index < -0.39 is 6.10 Å². The third kappa shape index (κ3) is 42.4. The van der Waals surface area contributed by atoms with Crippen molar-refractivity contribution in [3.05, 3.63) is 48.6 Å². The molecule has 6 heteroatoms. The Labute approximate surface area is 339 Å². The molecule has 0 aliphatic carbocycles. The lowest BCUT2D eigenvalue weighted by Gasteiger charge is -2.18. The Morgan fingerprint density at radius 1 is 0.382 bits per heavy atom. The number of hydrogen-bond acceptors (Lipinski definition) is 6. The van der Waals surface area contributed by atoms with Crippen LogP contribution in [-0.2, 0) is 28.6 Å². The molecule has 0 aliphatic heterocycles. The van der Waals surface area contributed by atoms with Crippen LogP contribution in [0.1, 0.15) is 226 Å². The number of rotatable bonds is 41. The molecule has 0 spiro atoms. The molecule has 6 nitrogen and oxygen atoms in total. The monoisotopic (exact) mass is 771 g/mol. The van der Waals surface area contributed by atoms with Gasteiger partial charge in [-0.3, -0.25) is 14.4 Å². The summed E-state index contributed by atoms with van der Waals surface area (Å²) in [6.45, 7) is 6.45. The third-order valence-electron chi connectivity index (χ3n) is 9.82. The van der Waals surface area contributed by atoms with Gasteiger partial charge in [0, 0.05) is 19.3 Å². The van der Waals surface area contributed by atoms with Gasteiger partial charge < -0.3 is 14.2 Å². The summed E-state index contributed by atoms with van der Waals surface area (Å²) in [7, 11) is 0. The molecule has 55 heavy (non-hydrogen) atoms. The Kier molecular flexibility index (Phi) is 42.0. The standard InChI is InChI=1S/C49H86O6/c1-4-7-10-13-16-19-22-23-24-25-26-28-30-33-36-39-42-48(51)54-45-46(44-53-47(50)41-38-35-32-29-21-18-15-12-9-6-3)55-49(52)43-40-37-34-31-27-20-17-14-11-8-5-2/h7,10,15-16,18-19,23-24,46H,4-6,8-9,11-14,17,20-22,25-45H2,1-3H3/b10-7-,18-15-,19-16-,24-23-. The fourth-order valence-electron chi connectivity index (χ4n) is 6.32. The molecule has 0 bridgehead atoms. The highest BCUT2D eigenvalue weighted by Crippen LogP contribution is 2.14. The van der Waals surface area contributed by atoms with E-state index in [1.165, 1.54) is 83.5 Å². The van der Waals surface area contributed by atoms with Gasteiger partial charge in [0.05, 0.1) is 0 Å². The van der Waals surface area contributed by atoms with Crippen molar-refractivity contribution in [3.63, 3.8) is 0 Å². The lowest BCUT2D eigenvalue weighted by molar-refractivity contribution is -0.167. The van der Waals surface area contributed by atoms with E-state index in [-0.39, 0.29) is 31.1 Å². The predicted octanol–water partition coefficient (Wildman–Crippen LogP) is 14.8. The summed E-state index contributed by atoms with van der Waals surface area (Å²) in [6.07, 6.45) is 50.9. The summed E-state index contributed by atoms with van der Waals surface area (Å²) in [5.74, 6) is -0.908. The van der Waals surface area contributed by atoms with Crippen LogP contribution >= 0.6 is 0 Å². The molecule has 0 N–H and O–H groups in total. The Hall–Kier alpha value is -2.63. The largest absolute Gasteiger partial charge is 0.462 e. The van der Waals surface area contributed by atoms with Crippen LogP contribution in [-0.4, -0.2) is 37.2 Å². The number of carbonyl (C=O) groups excluding carboxylic acids is 3. The summed E-state index contributed by atoms with van der Waals surface area (Å²) in [5, 5.41) is 0. The molecule has 0 rings (SSSR count). The van der Waals surface area contributed by atoms with Crippen molar-refractivity contribution in [3.8, 4) is 0 Å². The first-order chi connectivity index (χ1) is 27.0. The minimum atomic E-state index is -0.777. The molecule has 1 unspecified atom stereocenters. The summed E-state index contributed by atoms with van der Waals surface area (Å²) < 4.78 is 16.7. The zero-order valence-electron chi connectivity index (χ0n) is 36.2. The van der Waals surface area contributed by atoms with E-state index in [0.717, 1.165) is 103 Å². The van der Waals surface area contributed by atoms with Crippen LogP contribution in [0.2, 0.25) is 0 Å². The van der Waals surface area contributed by atoms with E-state index in [0.29, 0.717) is 19.3 Å². The van der Waals surface area contributed by atoms with Crippen molar-refractivity contribution in [1.82, 2.24) is 0 Å². The molecule has 0 saturated heterocycles. The first kappa shape index (κ1) is 52.4. The molecule has 0 aromatic carbocycles. The highest BCUT2D eigenvalue weighted by Gasteiger charge is 2.19. The van der Waals surface area contributed by atoms with Crippen LogP contribution in [0.4, 0.5) is 0 Å². The minimum Gasteiger partial charge on any atom is -0.462 e. The zero-order valence-corrected chi connectivity index (χ0v) is 36.2. The lowest BCUT2D eigenvalue weighted by atomic mass is 10.1. The van der Waals surface area contributed by atoms with Gasteiger partial charge in [-0.2, -0.15) is 0 Å². The zero-order chi connectivity index (χ0) is 40.1. The molecule has 0 heterocycles. The molecule has 1 atom stereocenters. The second-order valence-corrected chi connectivity index (χ2v) is 15.3. The molecule has 0 aromatic heterocycles. The molecular weight excluding hydrogens is 685 g/mol. The van der Waals surface area contributed by atoms with Crippen LogP contribution in [0.25, 0.3) is 0 Å². The Balaban J connectivity index is 4.37. The van der Waals surface area contributed by atoms with Crippen LogP contribution in [0, 0.1) is 0 Å². The normalized spacial score (nSPS) is 12.4. The van der Waals surface area contributed by atoms with Crippen LogP contribution < -0.4 is 0 Å². The van der Waals surface area contributed by atoms with Crippen molar-refractivity contribution < 1.29 is 28.6 Å². The van der Waals surface area contributed by atoms with E-state index in [1.54, 1.807) is 0 Å². The summed E-state index contributed by atoms with van der Waals surface area (Å²) in [5.41, 5.74) is 0. The second-order valence-electron chi connectivity index (χ2n) is 15.3. The maximum absolute atomic E-state index is 12.7. The topological polar surface area (TPSA) is 78.9 Å². The van der Waals surface area contributed by atoms with E-state index in [4.69, 9.17) is 14.2 Å². The molecule has 0 aromatic rings. The van der Waals surface area contributed by atoms with Crippen molar-refractivity contribution in [2.45, 2.75) is 232 Å². The first-order valence-corrected chi connectivity index (χ1v) is 23.1. The maximum atomic E-state index is 12.7. The van der Waals surface area contributed by atoms with Crippen LogP contribution in [0.5, 0.6) is 0 Å². The smallest absolute Gasteiger partial charge is 0.306 e. The molecular formula is C49H86O6. The van der Waals surface area contributed by atoms with Gasteiger partial charge in [-0.15, -0.1) is 0 Å². The van der Waals surface area contributed by atoms with Gasteiger partial charge in [-0.25, -0.2) is 0 Å². The number of allylic oxidation sites excluding steroid dienone is 8. The summed E-state index contributed by atoms with van der Waals surface area (Å²) in [6, 6.07) is 0. The summed E-state index contributed by atoms with van der Waals surface area (Å²) in [4.78, 5) is 37.7. The van der Waals surface area contributed by atoms with Crippen molar-refractivity contribution in [2.75, 3.05) is 13.2 Å². The Morgan fingerprint density at radius 2 is 0.727 bits per heavy atom.